The van der Waals surface area contributed by atoms with Crippen LogP contribution < -0.4 is 16.2 Å². The van der Waals surface area contributed by atoms with Crippen LogP contribution in [-0.2, 0) is 17.5 Å². The van der Waals surface area contributed by atoms with Crippen molar-refractivity contribution in [2.24, 2.45) is 0 Å². The highest BCUT2D eigenvalue weighted by atomic mass is 19.4. The lowest BCUT2D eigenvalue weighted by atomic mass is 9.81. The quantitative estimate of drug-likeness (QED) is 0.495. The molecule has 2 fully saturated rings. The van der Waals surface area contributed by atoms with Gasteiger partial charge in [0.2, 0.25) is 5.91 Å². The van der Waals surface area contributed by atoms with E-state index < -0.39 is 17.6 Å². The van der Waals surface area contributed by atoms with Crippen LogP contribution >= 0.6 is 0 Å². The molecule has 0 spiro atoms. The van der Waals surface area contributed by atoms with Crippen molar-refractivity contribution in [1.29, 1.82) is 0 Å². The number of nitrogens with zero attached hydrogens (tertiary/aromatic N) is 2. The summed E-state index contributed by atoms with van der Waals surface area (Å²) in [6.07, 6.45) is 1.32. The molecule has 200 valence electrons. The van der Waals surface area contributed by atoms with Crippen molar-refractivity contribution in [1.82, 2.24) is 20.1 Å². The largest absolute Gasteiger partial charge is 0.416 e. The van der Waals surface area contributed by atoms with E-state index in [1.54, 1.807) is 10.6 Å². The van der Waals surface area contributed by atoms with Gasteiger partial charge in [-0.3, -0.25) is 19.3 Å². The highest BCUT2D eigenvalue weighted by Crippen LogP contribution is 2.35. The van der Waals surface area contributed by atoms with Crippen LogP contribution in [0.1, 0.15) is 53.1 Å². The minimum absolute atomic E-state index is 0.0299. The molecule has 2 heterocycles. The average molecular weight is 521 g/mol. The van der Waals surface area contributed by atoms with Gasteiger partial charge in [0, 0.05) is 43.5 Å². The first-order chi connectivity index (χ1) is 17.6. The lowest BCUT2D eigenvalue weighted by molar-refractivity contribution is -0.137. The van der Waals surface area contributed by atoms with Crippen molar-refractivity contribution in [3.05, 3.63) is 69.6 Å². The Morgan fingerprint density at radius 3 is 2.46 bits per heavy atom. The fourth-order valence-electron chi connectivity index (χ4n) is 5.13. The number of hydrogen-bond donors (Lipinski definition) is 3. The fraction of sp³-hybridized carbons (Fsp3) is 0.500. The minimum Gasteiger partial charge on any atom is -0.395 e. The van der Waals surface area contributed by atoms with Crippen molar-refractivity contribution in [3.63, 3.8) is 0 Å². The summed E-state index contributed by atoms with van der Waals surface area (Å²) in [7, 11) is 0. The van der Waals surface area contributed by atoms with Gasteiger partial charge in [0.15, 0.2) is 0 Å². The summed E-state index contributed by atoms with van der Waals surface area (Å²) >= 11 is 0. The highest BCUT2D eigenvalue weighted by Gasteiger charge is 2.35. The summed E-state index contributed by atoms with van der Waals surface area (Å²) in [5, 5.41) is 14.4. The molecule has 0 bridgehead atoms. The first-order valence-electron chi connectivity index (χ1n) is 12.4. The number of alkyl halides is 3. The second-order valence-electron chi connectivity index (χ2n) is 9.70. The van der Waals surface area contributed by atoms with Crippen LogP contribution in [-0.4, -0.2) is 64.7 Å². The second-order valence-corrected chi connectivity index (χ2v) is 9.70. The molecule has 0 radical (unpaired) electrons. The zero-order valence-corrected chi connectivity index (χ0v) is 20.3. The van der Waals surface area contributed by atoms with E-state index in [0.717, 1.165) is 49.4 Å². The van der Waals surface area contributed by atoms with Crippen LogP contribution in [0.2, 0.25) is 0 Å². The smallest absolute Gasteiger partial charge is 0.395 e. The zero-order chi connectivity index (χ0) is 26.6. The molecule has 8 nitrogen and oxygen atoms in total. The van der Waals surface area contributed by atoms with E-state index in [2.05, 4.69) is 15.5 Å². The number of likely N-dealkylation sites (tertiary alicyclic amines) is 1. The molecule has 4 rings (SSSR count). The Hall–Kier alpha value is -3.18. The number of carbonyl (C=O) groups is 2. The summed E-state index contributed by atoms with van der Waals surface area (Å²) in [5.41, 5.74) is -0.0677. The summed E-state index contributed by atoms with van der Waals surface area (Å²) in [6.45, 7) is 1.33. The SMILES string of the molecule is O=C(CNC(=O)c1cccc(C(F)(F)F)c1)NC1CN(C2CCC(c3ccc(=O)n(CCO)c3)CC2)C1. The monoisotopic (exact) mass is 520 g/mol. The lowest BCUT2D eigenvalue weighted by Gasteiger charge is -2.46. The molecular weight excluding hydrogens is 489 g/mol. The molecule has 11 heteroatoms. The molecule has 2 aliphatic rings. The predicted molar refractivity (Wildman–Crippen MR) is 130 cm³/mol. The van der Waals surface area contributed by atoms with E-state index in [1.807, 2.05) is 12.3 Å². The van der Waals surface area contributed by atoms with Gasteiger partial charge in [-0.05, 0) is 55.4 Å². The van der Waals surface area contributed by atoms with Crippen molar-refractivity contribution < 1.29 is 27.9 Å². The molecule has 2 amide bonds. The Morgan fingerprint density at radius 2 is 1.78 bits per heavy atom. The summed E-state index contributed by atoms with van der Waals surface area (Å²) in [4.78, 5) is 38.6. The maximum atomic E-state index is 12.8. The highest BCUT2D eigenvalue weighted by molar-refractivity contribution is 5.96. The molecule has 1 saturated heterocycles. The summed E-state index contributed by atoms with van der Waals surface area (Å²) < 4.78 is 40.0. The molecule has 1 aliphatic heterocycles. The lowest BCUT2D eigenvalue weighted by Crippen LogP contribution is -2.63. The first kappa shape index (κ1) is 26.9. The summed E-state index contributed by atoms with van der Waals surface area (Å²) in [6, 6.07) is 7.90. The van der Waals surface area contributed by atoms with Crippen LogP contribution in [0.3, 0.4) is 0 Å². The number of halogens is 3. The molecule has 1 aromatic carbocycles. The molecule has 0 unspecified atom stereocenters. The Labute approximate surface area is 212 Å². The van der Waals surface area contributed by atoms with Crippen LogP contribution in [0.15, 0.2) is 47.4 Å². The number of nitrogens with one attached hydrogen (secondary N) is 2. The molecule has 37 heavy (non-hydrogen) atoms. The number of benzene rings is 1. The molecule has 0 atom stereocenters. The Kier molecular flexibility index (Phi) is 8.33. The van der Waals surface area contributed by atoms with Crippen molar-refractivity contribution in [2.45, 2.75) is 56.4 Å². The van der Waals surface area contributed by atoms with E-state index in [9.17, 15) is 27.6 Å². The van der Waals surface area contributed by atoms with Gasteiger partial charge in [-0.15, -0.1) is 0 Å². The van der Waals surface area contributed by atoms with Gasteiger partial charge < -0.3 is 20.3 Å². The average Bonchev–Trinajstić information content (AvgIpc) is 2.86. The van der Waals surface area contributed by atoms with Gasteiger partial charge in [-0.2, -0.15) is 13.2 Å². The van der Waals surface area contributed by atoms with Gasteiger partial charge in [0.25, 0.3) is 11.5 Å². The maximum Gasteiger partial charge on any atom is 0.416 e. The minimum atomic E-state index is -4.55. The van der Waals surface area contributed by atoms with Gasteiger partial charge in [0.05, 0.1) is 24.8 Å². The number of pyridine rings is 1. The standard InChI is InChI=1S/C26H31F3N4O4/c27-26(28,29)20-3-1-2-18(12-20)25(37)30-13-23(35)31-21-15-33(16-21)22-7-4-17(5-8-22)19-6-9-24(36)32(14-19)10-11-34/h1-3,6,9,12,14,17,21-22,34H,4-5,7-8,10-11,13,15-16H2,(H,30,37)(H,31,35). The fourth-order valence-corrected chi connectivity index (χ4v) is 5.13. The van der Waals surface area contributed by atoms with Gasteiger partial charge in [-0.25, -0.2) is 0 Å². The molecule has 1 saturated carbocycles. The molecule has 1 aromatic heterocycles. The number of amides is 2. The number of rotatable bonds is 8. The maximum absolute atomic E-state index is 12.8. The number of aliphatic hydroxyl groups excluding tert-OH is 1. The predicted octanol–water partition coefficient (Wildman–Crippen LogP) is 2.12. The van der Waals surface area contributed by atoms with Crippen molar-refractivity contribution in [2.75, 3.05) is 26.2 Å². The normalized spacial score (nSPS) is 20.8. The van der Waals surface area contributed by atoms with Crippen LogP contribution in [0.4, 0.5) is 13.2 Å². The van der Waals surface area contributed by atoms with E-state index in [1.165, 1.54) is 6.07 Å². The van der Waals surface area contributed by atoms with Gasteiger partial charge in [-0.1, -0.05) is 12.1 Å². The first-order valence-corrected chi connectivity index (χ1v) is 12.4. The van der Waals surface area contributed by atoms with Crippen molar-refractivity contribution >= 4 is 11.8 Å². The van der Waals surface area contributed by atoms with E-state index in [0.29, 0.717) is 25.0 Å². The number of aromatic nitrogens is 1. The number of carbonyl (C=O) groups excluding carboxylic acids is 2. The van der Waals surface area contributed by atoms with Crippen LogP contribution in [0.25, 0.3) is 0 Å². The van der Waals surface area contributed by atoms with Crippen LogP contribution in [0.5, 0.6) is 0 Å². The van der Waals surface area contributed by atoms with Gasteiger partial charge in [0.1, 0.15) is 0 Å². The Morgan fingerprint density at radius 1 is 1.05 bits per heavy atom. The summed E-state index contributed by atoms with van der Waals surface area (Å²) in [5.74, 6) is -0.745. The number of hydrogen-bond acceptors (Lipinski definition) is 5. The van der Waals surface area contributed by atoms with E-state index in [4.69, 9.17) is 5.11 Å². The molecular formula is C26H31F3N4O4. The Bertz CT molecular complexity index is 1170. The topological polar surface area (TPSA) is 104 Å². The molecule has 2 aromatic rings. The molecule has 1 aliphatic carbocycles. The Balaban J connectivity index is 1.17. The third kappa shape index (κ3) is 6.78. The van der Waals surface area contributed by atoms with Crippen molar-refractivity contribution in [3.8, 4) is 0 Å². The second kappa shape index (κ2) is 11.5. The van der Waals surface area contributed by atoms with Crippen LogP contribution in [0, 0.1) is 0 Å². The number of aliphatic hydroxyl groups is 1. The third-order valence-electron chi connectivity index (χ3n) is 7.17. The third-order valence-corrected chi connectivity index (χ3v) is 7.17. The molecule has 3 N–H and O–H groups in total. The van der Waals surface area contributed by atoms with E-state index in [-0.39, 0.29) is 42.8 Å². The van der Waals surface area contributed by atoms with Gasteiger partial charge >= 0.3 is 6.18 Å². The zero-order valence-electron chi connectivity index (χ0n) is 20.3. The van der Waals surface area contributed by atoms with E-state index >= 15 is 0 Å².